The van der Waals surface area contributed by atoms with Gasteiger partial charge in [0.05, 0.1) is 0 Å². The monoisotopic (exact) mass is 177 g/mol. The number of rotatable bonds is 3. The molecule has 0 spiro atoms. The number of nitrogens with zero attached hydrogens (tertiary/aromatic N) is 2. The highest BCUT2D eigenvalue weighted by Crippen LogP contribution is 2.37. The predicted octanol–water partition coefficient (Wildman–Crippen LogP) is 1.16. The smallest absolute Gasteiger partial charge is 0.131 e. The van der Waals surface area contributed by atoms with Gasteiger partial charge in [0.25, 0.3) is 0 Å². The van der Waals surface area contributed by atoms with Crippen LogP contribution in [-0.4, -0.2) is 16.5 Å². The van der Waals surface area contributed by atoms with Gasteiger partial charge in [0.2, 0.25) is 0 Å². The van der Waals surface area contributed by atoms with E-state index in [-0.39, 0.29) is 0 Å². The summed E-state index contributed by atoms with van der Waals surface area (Å²) in [5.74, 6) is 1.67. The van der Waals surface area contributed by atoms with Crippen molar-refractivity contribution in [2.24, 2.45) is 5.73 Å². The van der Waals surface area contributed by atoms with Crippen LogP contribution in [0.15, 0.2) is 6.07 Å². The van der Waals surface area contributed by atoms with Crippen LogP contribution in [-0.2, 0) is 6.42 Å². The topological polar surface area (TPSA) is 51.8 Å². The number of hydrogen-bond acceptors (Lipinski definition) is 3. The molecule has 2 rings (SSSR count). The minimum absolute atomic E-state index is 0.636. The molecule has 1 aliphatic carbocycles. The molecule has 2 N–H and O–H groups in total. The van der Waals surface area contributed by atoms with Gasteiger partial charge in [0, 0.05) is 23.7 Å². The summed E-state index contributed by atoms with van der Waals surface area (Å²) in [4.78, 5) is 8.92. The van der Waals surface area contributed by atoms with E-state index in [1.807, 2.05) is 13.0 Å². The van der Waals surface area contributed by atoms with Crippen LogP contribution in [0.2, 0.25) is 0 Å². The first-order valence-electron chi connectivity index (χ1n) is 4.84. The maximum absolute atomic E-state index is 5.49. The molecular formula is C10H15N3. The van der Waals surface area contributed by atoms with Crippen LogP contribution >= 0.6 is 0 Å². The lowest BCUT2D eigenvalue weighted by atomic mass is 10.2. The fourth-order valence-corrected chi connectivity index (χ4v) is 1.46. The molecule has 0 atom stereocenters. The van der Waals surface area contributed by atoms with E-state index in [4.69, 9.17) is 5.73 Å². The molecule has 1 saturated carbocycles. The fourth-order valence-electron chi connectivity index (χ4n) is 1.46. The van der Waals surface area contributed by atoms with Crippen LogP contribution in [0.25, 0.3) is 0 Å². The second-order valence-corrected chi connectivity index (χ2v) is 3.67. The lowest BCUT2D eigenvalue weighted by Gasteiger charge is -2.03. The molecule has 3 nitrogen and oxygen atoms in total. The third-order valence-corrected chi connectivity index (χ3v) is 2.27. The zero-order chi connectivity index (χ0) is 9.26. The van der Waals surface area contributed by atoms with E-state index < -0.39 is 0 Å². The van der Waals surface area contributed by atoms with Crippen LogP contribution in [0, 0.1) is 6.92 Å². The first-order chi connectivity index (χ1) is 6.29. The second-order valence-electron chi connectivity index (χ2n) is 3.67. The maximum atomic E-state index is 5.49. The summed E-state index contributed by atoms with van der Waals surface area (Å²) in [6.07, 6.45) is 3.38. The number of aryl methyl sites for hydroxylation is 1. The Kier molecular flexibility index (Phi) is 2.27. The first-order valence-corrected chi connectivity index (χ1v) is 4.84. The largest absolute Gasteiger partial charge is 0.330 e. The Morgan fingerprint density at radius 1 is 1.46 bits per heavy atom. The Labute approximate surface area is 78.4 Å². The van der Waals surface area contributed by atoms with Crippen molar-refractivity contribution < 1.29 is 0 Å². The SMILES string of the molecule is Cc1cc(CCN)nc(C2CC2)n1. The lowest BCUT2D eigenvalue weighted by molar-refractivity contribution is 0.836. The molecule has 0 saturated heterocycles. The van der Waals surface area contributed by atoms with Gasteiger partial charge in [-0.05, 0) is 32.4 Å². The van der Waals surface area contributed by atoms with E-state index in [1.54, 1.807) is 0 Å². The molecule has 1 aromatic rings. The molecular weight excluding hydrogens is 162 g/mol. The van der Waals surface area contributed by atoms with E-state index in [1.165, 1.54) is 12.8 Å². The average Bonchev–Trinajstić information content (AvgIpc) is 2.85. The van der Waals surface area contributed by atoms with Gasteiger partial charge in [-0.3, -0.25) is 0 Å². The molecule has 70 valence electrons. The standard InChI is InChI=1S/C10H15N3/c1-7-6-9(4-5-11)13-10(12-7)8-2-3-8/h6,8H,2-5,11H2,1H3. The molecule has 1 heterocycles. The summed E-state index contributed by atoms with van der Waals surface area (Å²) >= 11 is 0. The average molecular weight is 177 g/mol. The Balaban J connectivity index is 2.25. The Morgan fingerprint density at radius 3 is 2.85 bits per heavy atom. The molecule has 0 amide bonds. The fraction of sp³-hybridized carbons (Fsp3) is 0.600. The Hall–Kier alpha value is -0.960. The molecule has 13 heavy (non-hydrogen) atoms. The normalized spacial score (nSPS) is 16.2. The van der Waals surface area contributed by atoms with Gasteiger partial charge >= 0.3 is 0 Å². The predicted molar refractivity (Wildman–Crippen MR) is 51.5 cm³/mol. The van der Waals surface area contributed by atoms with Gasteiger partial charge in [0.1, 0.15) is 5.82 Å². The number of hydrogen-bond donors (Lipinski definition) is 1. The summed E-state index contributed by atoms with van der Waals surface area (Å²) in [5.41, 5.74) is 7.66. The highest BCUT2D eigenvalue weighted by molar-refractivity contribution is 5.15. The number of aromatic nitrogens is 2. The molecule has 1 aliphatic rings. The Morgan fingerprint density at radius 2 is 2.23 bits per heavy atom. The zero-order valence-electron chi connectivity index (χ0n) is 7.95. The van der Waals surface area contributed by atoms with Crippen LogP contribution < -0.4 is 5.73 Å². The summed E-state index contributed by atoms with van der Waals surface area (Å²) in [7, 11) is 0. The van der Waals surface area contributed by atoms with Crippen LogP contribution in [0.5, 0.6) is 0 Å². The lowest BCUT2D eigenvalue weighted by Crippen LogP contribution is -2.07. The van der Waals surface area contributed by atoms with Crippen molar-refractivity contribution in [3.05, 3.63) is 23.3 Å². The van der Waals surface area contributed by atoms with Crippen molar-refractivity contribution >= 4 is 0 Å². The molecule has 1 fully saturated rings. The molecule has 0 unspecified atom stereocenters. The van der Waals surface area contributed by atoms with Gasteiger partial charge in [-0.1, -0.05) is 0 Å². The third-order valence-electron chi connectivity index (χ3n) is 2.27. The third kappa shape index (κ3) is 2.04. The molecule has 1 aromatic heterocycles. The number of nitrogens with two attached hydrogens (primary N) is 1. The molecule has 0 aromatic carbocycles. The van der Waals surface area contributed by atoms with Crippen molar-refractivity contribution in [2.75, 3.05) is 6.54 Å². The second kappa shape index (κ2) is 3.42. The van der Waals surface area contributed by atoms with Crippen LogP contribution in [0.3, 0.4) is 0 Å². The van der Waals surface area contributed by atoms with E-state index >= 15 is 0 Å². The van der Waals surface area contributed by atoms with E-state index in [0.29, 0.717) is 12.5 Å². The van der Waals surface area contributed by atoms with Crippen molar-refractivity contribution in [2.45, 2.75) is 32.1 Å². The summed E-state index contributed by atoms with van der Waals surface area (Å²) in [6, 6.07) is 2.03. The van der Waals surface area contributed by atoms with Gasteiger partial charge in [0.15, 0.2) is 0 Å². The van der Waals surface area contributed by atoms with Crippen molar-refractivity contribution in [1.29, 1.82) is 0 Å². The van der Waals surface area contributed by atoms with E-state index in [9.17, 15) is 0 Å². The maximum Gasteiger partial charge on any atom is 0.131 e. The van der Waals surface area contributed by atoms with E-state index in [2.05, 4.69) is 9.97 Å². The van der Waals surface area contributed by atoms with Gasteiger partial charge in [-0.2, -0.15) is 0 Å². The molecule has 0 radical (unpaired) electrons. The highest BCUT2D eigenvalue weighted by Gasteiger charge is 2.26. The van der Waals surface area contributed by atoms with Crippen LogP contribution in [0.4, 0.5) is 0 Å². The molecule has 0 aliphatic heterocycles. The molecule has 0 bridgehead atoms. The summed E-state index contributed by atoms with van der Waals surface area (Å²) in [6.45, 7) is 2.69. The minimum Gasteiger partial charge on any atom is -0.330 e. The highest BCUT2D eigenvalue weighted by atomic mass is 14.9. The van der Waals surface area contributed by atoms with Crippen molar-refractivity contribution in [3.63, 3.8) is 0 Å². The molecule has 3 heteroatoms. The summed E-state index contributed by atoms with van der Waals surface area (Å²) in [5, 5.41) is 0. The van der Waals surface area contributed by atoms with E-state index in [0.717, 1.165) is 23.6 Å². The van der Waals surface area contributed by atoms with Crippen LogP contribution in [0.1, 0.15) is 36.0 Å². The van der Waals surface area contributed by atoms with Crippen molar-refractivity contribution in [3.8, 4) is 0 Å². The minimum atomic E-state index is 0.636. The Bertz CT molecular complexity index is 305. The first kappa shape index (κ1) is 8.63. The zero-order valence-corrected chi connectivity index (χ0v) is 7.95. The van der Waals surface area contributed by atoms with Crippen molar-refractivity contribution in [1.82, 2.24) is 9.97 Å². The van der Waals surface area contributed by atoms with Gasteiger partial charge < -0.3 is 5.73 Å². The van der Waals surface area contributed by atoms with Gasteiger partial charge in [-0.25, -0.2) is 9.97 Å². The summed E-state index contributed by atoms with van der Waals surface area (Å²) < 4.78 is 0. The van der Waals surface area contributed by atoms with Gasteiger partial charge in [-0.15, -0.1) is 0 Å². The quantitative estimate of drug-likeness (QED) is 0.753.